The summed E-state index contributed by atoms with van der Waals surface area (Å²) in [5.41, 5.74) is 1.45. The molecule has 0 aliphatic rings. The van der Waals surface area contributed by atoms with E-state index in [1.54, 1.807) is 36.4 Å². The molecule has 0 N–H and O–H groups in total. The Bertz CT molecular complexity index is 1840. The molecular weight excluding hydrogens is 737 g/mol. The van der Waals surface area contributed by atoms with Crippen LogP contribution in [0.25, 0.3) is 22.3 Å². The van der Waals surface area contributed by atoms with E-state index in [9.17, 15) is 9.59 Å². The lowest BCUT2D eigenvalue weighted by Gasteiger charge is -2.12. The summed E-state index contributed by atoms with van der Waals surface area (Å²) in [5, 5.41) is 5.47. The minimum atomic E-state index is -0.686. The first-order chi connectivity index (χ1) is 18.7. The van der Waals surface area contributed by atoms with Crippen LogP contribution in [0.3, 0.4) is 0 Å². The molecular formula is C28H14Br3Cl2N3O3. The van der Waals surface area contributed by atoms with E-state index >= 15 is 0 Å². The summed E-state index contributed by atoms with van der Waals surface area (Å²) >= 11 is 22.5. The summed E-state index contributed by atoms with van der Waals surface area (Å²) < 4.78 is 9.00. The second kappa shape index (κ2) is 11.7. The number of carbonyl (C=O) groups excluding carboxylic acids is 1. The molecule has 4 aromatic carbocycles. The highest BCUT2D eigenvalue weighted by Gasteiger charge is 2.19. The lowest BCUT2D eigenvalue weighted by molar-refractivity contribution is 0.0733. The van der Waals surface area contributed by atoms with E-state index in [1.807, 2.05) is 30.3 Å². The maximum absolute atomic E-state index is 13.5. The second-order valence-electron chi connectivity index (χ2n) is 8.14. The molecule has 0 saturated carbocycles. The zero-order chi connectivity index (χ0) is 27.7. The molecule has 0 bridgehead atoms. The molecule has 11 heteroatoms. The minimum Gasteiger partial charge on any atom is -0.421 e. The van der Waals surface area contributed by atoms with Crippen molar-refractivity contribution in [1.29, 1.82) is 0 Å². The lowest BCUT2D eigenvalue weighted by atomic mass is 10.2. The third kappa shape index (κ3) is 6.02. The molecule has 6 nitrogen and oxygen atoms in total. The maximum Gasteiger partial charge on any atom is 0.345 e. The smallest absolute Gasteiger partial charge is 0.345 e. The van der Waals surface area contributed by atoms with Gasteiger partial charge in [-0.1, -0.05) is 79.3 Å². The van der Waals surface area contributed by atoms with E-state index in [0.29, 0.717) is 41.8 Å². The fourth-order valence-electron chi connectivity index (χ4n) is 3.72. The Balaban J connectivity index is 1.62. The molecule has 0 fully saturated rings. The highest BCUT2D eigenvalue weighted by Crippen LogP contribution is 2.34. The van der Waals surface area contributed by atoms with E-state index in [-0.39, 0.29) is 21.9 Å². The van der Waals surface area contributed by atoms with Crippen molar-refractivity contribution in [1.82, 2.24) is 9.66 Å². The number of nitrogens with zero attached hydrogens (tertiary/aromatic N) is 3. The molecule has 0 aliphatic carbocycles. The molecule has 1 aromatic heterocycles. The van der Waals surface area contributed by atoms with Crippen LogP contribution >= 0.6 is 71.0 Å². The van der Waals surface area contributed by atoms with Gasteiger partial charge in [-0.3, -0.25) is 4.79 Å². The van der Waals surface area contributed by atoms with Gasteiger partial charge in [-0.15, -0.1) is 0 Å². The van der Waals surface area contributed by atoms with Crippen molar-refractivity contribution >= 4 is 94.1 Å². The summed E-state index contributed by atoms with van der Waals surface area (Å²) in [6.07, 6.45) is 1.43. The Morgan fingerprint density at radius 3 is 2.41 bits per heavy atom. The Morgan fingerprint density at radius 2 is 1.67 bits per heavy atom. The van der Waals surface area contributed by atoms with Crippen molar-refractivity contribution in [3.8, 4) is 17.1 Å². The van der Waals surface area contributed by atoms with Gasteiger partial charge in [-0.2, -0.15) is 9.78 Å². The summed E-state index contributed by atoms with van der Waals surface area (Å²) in [4.78, 5) is 31.2. The number of hydrogen-bond acceptors (Lipinski definition) is 5. The average molecular weight is 751 g/mol. The number of rotatable bonds is 5. The highest BCUT2D eigenvalue weighted by molar-refractivity contribution is 9.11. The van der Waals surface area contributed by atoms with E-state index < -0.39 is 5.97 Å². The van der Waals surface area contributed by atoms with Crippen LogP contribution in [0, 0.1) is 0 Å². The van der Waals surface area contributed by atoms with Crippen LogP contribution in [0.2, 0.25) is 10.0 Å². The van der Waals surface area contributed by atoms with Crippen molar-refractivity contribution in [2.75, 3.05) is 0 Å². The van der Waals surface area contributed by atoms with Gasteiger partial charge in [0.05, 0.1) is 32.2 Å². The topological polar surface area (TPSA) is 73.5 Å². The molecule has 0 aliphatic heterocycles. The molecule has 0 unspecified atom stereocenters. The molecule has 5 rings (SSSR count). The summed E-state index contributed by atoms with van der Waals surface area (Å²) in [7, 11) is 0. The van der Waals surface area contributed by atoms with E-state index in [0.717, 1.165) is 4.47 Å². The predicted molar refractivity (Wildman–Crippen MR) is 165 cm³/mol. The fourth-order valence-corrected chi connectivity index (χ4v) is 5.81. The highest BCUT2D eigenvalue weighted by atomic mass is 79.9. The van der Waals surface area contributed by atoms with Gasteiger partial charge >= 0.3 is 5.97 Å². The van der Waals surface area contributed by atoms with Crippen LogP contribution < -0.4 is 10.3 Å². The monoisotopic (exact) mass is 747 g/mol. The SMILES string of the molecule is O=C(Oc1c(Br)cc(Br)cc1C=Nn1c(-c2ccc(Br)cc2)nc2ccccc2c1=O)c1ccc(Cl)cc1Cl. The van der Waals surface area contributed by atoms with Gasteiger partial charge in [0, 0.05) is 25.1 Å². The Hall–Kier alpha value is -2.82. The first-order valence-corrected chi connectivity index (χ1v) is 14.3. The van der Waals surface area contributed by atoms with Gasteiger partial charge < -0.3 is 4.74 Å². The van der Waals surface area contributed by atoms with Gasteiger partial charge in [0.2, 0.25) is 0 Å². The summed E-state index contributed by atoms with van der Waals surface area (Å²) in [6.45, 7) is 0. The van der Waals surface area contributed by atoms with Crippen LogP contribution in [0.1, 0.15) is 15.9 Å². The number of ether oxygens (including phenoxy) is 1. The largest absolute Gasteiger partial charge is 0.421 e. The van der Waals surface area contributed by atoms with Crippen molar-refractivity contribution in [3.63, 3.8) is 0 Å². The van der Waals surface area contributed by atoms with E-state index in [2.05, 4.69) is 52.9 Å². The van der Waals surface area contributed by atoms with E-state index in [1.165, 1.54) is 23.0 Å². The van der Waals surface area contributed by atoms with Gasteiger partial charge in [0.15, 0.2) is 11.6 Å². The van der Waals surface area contributed by atoms with Crippen molar-refractivity contribution in [2.45, 2.75) is 0 Å². The molecule has 39 heavy (non-hydrogen) atoms. The number of carbonyl (C=O) groups is 1. The predicted octanol–water partition coefficient (Wildman–Crippen LogP) is 8.76. The van der Waals surface area contributed by atoms with Crippen LogP contribution in [0.4, 0.5) is 0 Å². The van der Waals surface area contributed by atoms with E-state index in [4.69, 9.17) is 32.9 Å². The number of hydrogen-bond donors (Lipinski definition) is 0. The molecule has 5 aromatic rings. The average Bonchev–Trinajstić information content (AvgIpc) is 2.90. The summed E-state index contributed by atoms with van der Waals surface area (Å²) in [5.74, 6) is -0.151. The number of halogens is 5. The second-order valence-corrected chi connectivity index (χ2v) is 11.7. The zero-order valence-electron chi connectivity index (χ0n) is 19.5. The van der Waals surface area contributed by atoms with Gasteiger partial charge in [-0.25, -0.2) is 9.78 Å². The summed E-state index contributed by atoms with van der Waals surface area (Å²) in [6, 6.07) is 22.4. The first kappa shape index (κ1) is 27.7. The number of esters is 1. The van der Waals surface area contributed by atoms with Gasteiger partial charge in [-0.05, 0) is 70.5 Å². The standard InChI is InChI=1S/C28H14Br3Cl2N3O3/c29-17-7-5-15(6-8-17)26-35-24-4-2-1-3-21(24)27(37)36(26)34-14-16-11-18(30)12-22(31)25(16)39-28(38)20-10-9-19(32)13-23(20)33/h1-14H. The maximum atomic E-state index is 13.5. The van der Waals surface area contributed by atoms with Crippen LogP contribution in [0.15, 0.2) is 102 Å². The molecule has 194 valence electrons. The molecule has 0 atom stereocenters. The van der Waals surface area contributed by atoms with Crippen molar-refractivity contribution in [3.05, 3.63) is 124 Å². The minimum absolute atomic E-state index is 0.145. The zero-order valence-corrected chi connectivity index (χ0v) is 25.8. The Labute approximate surface area is 257 Å². The molecule has 0 amide bonds. The number of aromatic nitrogens is 2. The number of para-hydroxylation sites is 1. The normalized spacial score (nSPS) is 11.3. The van der Waals surface area contributed by atoms with Gasteiger partial charge in [0.25, 0.3) is 5.56 Å². The third-order valence-corrected chi connectivity index (χ3v) is 7.67. The van der Waals surface area contributed by atoms with Crippen LogP contribution in [-0.4, -0.2) is 21.8 Å². The Kier molecular flexibility index (Phi) is 8.35. The van der Waals surface area contributed by atoms with Crippen molar-refractivity contribution in [2.24, 2.45) is 5.10 Å². The van der Waals surface area contributed by atoms with Crippen molar-refractivity contribution < 1.29 is 9.53 Å². The molecule has 0 radical (unpaired) electrons. The fraction of sp³-hybridized carbons (Fsp3) is 0. The number of benzene rings is 4. The quantitative estimate of drug-likeness (QED) is 0.102. The van der Waals surface area contributed by atoms with Crippen LogP contribution in [-0.2, 0) is 0 Å². The molecule has 0 saturated heterocycles. The first-order valence-electron chi connectivity index (χ1n) is 11.2. The third-order valence-electron chi connectivity index (χ3n) is 5.55. The van der Waals surface area contributed by atoms with Crippen LogP contribution in [0.5, 0.6) is 5.75 Å². The van der Waals surface area contributed by atoms with Gasteiger partial charge in [0.1, 0.15) is 0 Å². The molecule has 0 spiro atoms. The molecule has 1 heterocycles. The Morgan fingerprint density at radius 1 is 0.923 bits per heavy atom. The lowest BCUT2D eigenvalue weighted by Crippen LogP contribution is -2.20. The number of fused-ring (bicyclic) bond motifs is 1.